The number of nitrogens with zero attached hydrogens (tertiary/aromatic N) is 2. The topological polar surface area (TPSA) is 55.3 Å². The Kier molecular flexibility index (Phi) is 11.8. The molecule has 0 bridgehead atoms. The summed E-state index contributed by atoms with van der Waals surface area (Å²) in [5.41, 5.74) is 1.14. The Balaban J connectivity index is 0.00000341. The van der Waals surface area contributed by atoms with Crippen LogP contribution in [0.1, 0.15) is 57.4 Å². The summed E-state index contributed by atoms with van der Waals surface area (Å²) in [5.74, 6) is 3.37. The summed E-state index contributed by atoms with van der Waals surface area (Å²) in [6.45, 7) is 6.42. The molecule has 0 radical (unpaired) electrons. The largest absolute Gasteiger partial charge is 0.493 e. The number of ether oxygens (including phenoxy) is 3. The van der Waals surface area contributed by atoms with Crippen molar-refractivity contribution >= 4 is 29.9 Å². The van der Waals surface area contributed by atoms with Crippen LogP contribution in [-0.2, 0) is 11.3 Å². The molecule has 6 nitrogen and oxygen atoms in total. The number of nitrogens with one attached hydrogen (secondary N) is 1. The zero-order valence-electron chi connectivity index (χ0n) is 19.4. The molecule has 1 aliphatic carbocycles. The molecule has 31 heavy (non-hydrogen) atoms. The standard InChI is InChI=1S/C24H39N3O3.HI/c1-4-25-24(27(2)14-11-19-12-15-29-16-13-19)26-18-20-9-10-22(28-3)23(17-20)30-21-7-5-6-8-21;/h9-10,17,19,21H,4-8,11-16,18H2,1-3H3,(H,25,26);1H. The molecule has 1 aromatic rings. The number of rotatable bonds is 9. The van der Waals surface area contributed by atoms with E-state index in [1.807, 2.05) is 6.07 Å². The Morgan fingerprint density at radius 3 is 2.58 bits per heavy atom. The molecule has 2 aliphatic rings. The first-order chi connectivity index (χ1) is 14.7. The van der Waals surface area contributed by atoms with Crippen LogP contribution in [0, 0.1) is 5.92 Å². The second-order valence-corrected chi connectivity index (χ2v) is 8.45. The Morgan fingerprint density at radius 2 is 1.90 bits per heavy atom. The van der Waals surface area contributed by atoms with E-state index in [0.717, 1.165) is 68.1 Å². The van der Waals surface area contributed by atoms with Crippen molar-refractivity contribution in [3.05, 3.63) is 23.8 Å². The maximum Gasteiger partial charge on any atom is 0.193 e. The number of aliphatic imine (C=N–C) groups is 1. The fourth-order valence-corrected chi connectivity index (χ4v) is 4.25. The van der Waals surface area contributed by atoms with Gasteiger partial charge in [-0.1, -0.05) is 6.07 Å². The van der Waals surface area contributed by atoms with E-state index >= 15 is 0 Å². The lowest BCUT2D eigenvalue weighted by Crippen LogP contribution is -2.40. The molecular weight excluding hydrogens is 505 g/mol. The van der Waals surface area contributed by atoms with Gasteiger partial charge in [-0.15, -0.1) is 24.0 Å². The number of halogens is 1. The lowest BCUT2D eigenvalue weighted by atomic mass is 9.96. The minimum absolute atomic E-state index is 0. The van der Waals surface area contributed by atoms with E-state index in [-0.39, 0.29) is 24.0 Å². The number of hydrogen-bond donors (Lipinski definition) is 1. The molecule has 1 aliphatic heterocycles. The molecule has 7 heteroatoms. The van der Waals surface area contributed by atoms with E-state index in [2.05, 4.69) is 36.3 Å². The maximum atomic E-state index is 6.24. The summed E-state index contributed by atoms with van der Waals surface area (Å²) in [6.07, 6.45) is 8.63. The van der Waals surface area contributed by atoms with Crippen LogP contribution >= 0.6 is 24.0 Å². The van der Waals surface area contributed by atoms with E-state index < -0.39 is 0 Å². The highest BCUT2D eigenvalue weighted by Crippen LogP contribution is 2.32. The average molecular weight is 546 g/mol. The third kappa shape index (κ3) is 8.33. The highest BCUT2D eigenvalue weighted by atomic mass is 127. The van der Waals surface area contributed by atoms with Crippen LogP contribution < -0.4 is 14.8 Å². The van der Waals surface area contributed by atoms with Gasteiger partial charge in [-0.25, -0.2) is 4.99 Å². The molecule has 1 saturated heterocycles. The van der Waals surface area contributed by atoms with Crippen LogP contribution in [0.25, 0.3) is 0 Å². The van der Waals surface area contributed by atoms with Crippen molar-refractivity contribution in [3.8, 4) is 11.5 Å². The first-order valence-electron chi connectivity index (χ1n) is 11.6. The second kappa shape index (κ2) is 14.0. The van der Waals surface area contributed by atoms with E-state index in [9.17, 15) is 0 Å². The third-order valence-corrected chi connectivity index (χ3v) is 6.15. The molecule has 1 saturated carbocycles. The molecule has 0 amide bonds. The number of hydrogen-bond acceptors (Lipinski definition) is 4. The van der Waals surface area contributed by atoms with Gasteiger partial charge < -0.3 is 24.4 Å². The van der Waals surface area contributed by atoms with Crippen molar-refractivity contribution in [2.24, 2.45) is 10.9 Å². The minimum Gasteiger partial charge on any atom is -0.493 e. The smallest absolute Gasteiger partial charge is 0.193 e. The van der Waals surface area contributed by atoms with Gasteiger partial charge in [0.15, 0.2) is 17.5 Å². The van der Waals surface area contributed by atoms with Crippen LogP contribution in [0.4, 0.5) is 0 Å². The monoisotopic (exact) mass is 545 g/mol. The van der Waals surface area contributed by atoms with Crippen molar-refractivity contribution < 1.29 is 14.2 Å². The predicted molar refractivity (Wildman–Crippen MR) is 137 cm³/mol. The van der Waals surface area contributed by atoms with Crippen molar-refractivity contribution in [3.63, 3.8) is 0 Å². The molecule has 3 rings (SSSR count). The summed E-state index contributed by atoms with van der Waals surface area (Å²) < 4.78 is 17.2. The average Bonchev–Trinajstić information content (AvgIpc) is 3.29. The fourth-order valence-electron chi connectivity index (χ4n) is 4.25. The highest BCUT2D eigenvalue weighted by Gasteiger charge is 2.19. The molecule has 2 fully saturated rings. The summed E-state index contributed by atoms with van der Waals surface area (Å²) >= 11 is 0. The molecular formula is C24H40IN3O3. The van der Waals surface area contributed by atoms with Crippen LogP contribution in [0.15, 0.2) is 23.2 Å². The highest BCUT2D eigenvalue weighted by molar-refractivity contribution is 14.0. The van der Waals surface area contributed by atoms with Gasteiger partial charge >= 0.3 is 0 Å². The third-order valence-electron chi connectivity index (χ3n) is 6.15. The van der Waals surface area contributed by atoms with Crippen LogP contribution in [-0.4, -0.2) is 57.4 Å². The van der Waals surface area contributed by atoms with E-state index in [4.69, 9.17) is 19.2 Å². The van der Waals surface area contributed by atoms with Crippen molar-refractivity contribution in [1.82, 2.24) is 10.2 Å². The summed E-state index contributed by atoms with van der Waals surface area (Å²) in [4.78, 5) is 7.13. The second-order valence-electron chi connectivity index (χ2n) is 8.45. The SMILES string of the molecule is CCNC(=NCc1ccc(OC)c(OC2CCCC2)c1)N(C)CCC1CCOCC1.I. The quantitative estimate of drug-likeness (QED) is 0.273. The van der Waals surface area contributed by atoms with E-state index in [1.54, 1.807) is 7.11 Å². The van der Waals surface area contributed by atoms with Gasteiger partial charge in [0, 0.05) is 33.4 Å². The van der Waals surface area contributed by atoms with Gasteiger partial charge in [-0.2, -0.15) is 0 Å². The van der Waals surface area contributed by atoms with Crippen LogP contribution in [0.2, 0.25) is 0 Å². The Morgan fingerprint density at radius 1 is 1.16 bits per heavy atom. The van der Waals surface area contributed by atoms with Crippen molar-refractivity contribution in [2.45, 2.75) is 64.5 Å². The molecule has 1 N–H and O–H groups in total. The fraction of sp³-hybridized carbons (Fsp3) is 0.708. The maximum absolute atomic E-state index is 6.24. The van der Waals surface area contributed by atoms with E-state index in [0.29, 0.717) is 12.6 Å². The van der Waals surface area contributed by atoms with E-state index in [1.165, 1.54) is 32.1 Å². The van der Waals surface area contributed by atoms with Gasteiger partial charge in [0.05, 0.1) is 19.8 Å². The number of methoxy groups -OCH3 is 1. The zero-order valence-corrected chi connectivity index (χ0v) is 21.7. The molecule has 0 spiro atoms. The summed E-state index contributed by atoms with van der Waals surface area (Å²) in [7, 11) is 3.83. The first kappa shape index (κ1) is 26.0. The van der Waals surface area contributed by atoms with Crippen molar-refractivity contribution in [1.29, 1.82) is 0 Å². The van der Waals surface area contributed by atoms with Gasteiger partial charge in [-0.3, -0.25) is 0 Å². The van der Waals surface area contributed by atoms with Gasteiger partial charge in [0.25, 0.3) is 0 Å². The van der Waals surface area contributed by atoms with Crippen LogP contribution in [0.3, 0.4) is 0 Å². The van der Waals surface area contributed by atoms with Crippen molar-refractivity contribution in [2.75, 3.05) is 40.5 Å². The molecule has 0 atom stereocenters. The molecule has 0 aromatic heterocycles. The Hall–Kier alpha value is -1.22. The lowest BCUT2D eigenvalue weighted by Gasteiger charge is -2.27. The first-order valence-corrected chi connectivity index (χ1v) is 11.6. The Bertz CT molecular complexity index is 674. The molecule has 1 heterocycles. The van der Waals surface area contributed by atoms with Gasteiger partial charge in [-0.05, 0) is 75.5 Å². The van der Waals surface area contributed by atoms with Gasteiger partial charge in [0.2, 0.25) is 0 Å². The zero-order chi connectivity index (χ0) is 21.2. The minimum atomic E-state index is 0. The van der Waals surface area contributed by atoms with Crippen LogP contribution in [0.5, 0.6) is 11.5 Å². The summed E-state index contributed by atoms with van der Waals surface area (Å²) in [6, 6.07) is 6.17. The normalized spacial score (nSPS) is 17.8. The Labute approximate surface area is 205 Å². The molecule has 1 aromatic carbocycles. The number of benzene rings is 1. The lowest BCUT2D eigenvalue weighted by molar-refractivity contribution is 0.0625. The predicted octanol–water partition coefficient (Wildman–Crippen LogP) is 4.85. The molecule has 176 valence electrons. The molecule has 0 unspecified atom stereocenters. The van der Waals surface area contributed by atoms with Gasteiger partial charge in [0.1, 0.15) is 0 Å². The number of guanidine groups is 1. The summed E-state index contributed by atoms with van der Waals surface area (Å²) in [5, 5.41) is 3.43.